The van der Waals surface area contributed by atoms with Gasteiger partial charge in [-0.25, -0.2) is 4.79 Å². The van der Waals surface area contributed by atoms with Crippen molar-refractivity contribution in [1.82, 2.24) is 10.6 Å². The average molecular weight is 417 g/mol. The van der Waals surface area contributed by atoms with Gasteiger partial charge in [0.05, 0.1) is 31.5 Å². The highest BCUT2D eigenvalue weighted by Crippen LogP contribution is 2.34. The minimum Gasteiger partial charge on any atom is -0.497 e. The number of benzene rings is 3. The van der Waals surface area contributed by atoms with Gasteiger partial charge in [-0.05, 0) is 35.4 Å². The van der Waals surface area contributed by atoms with E-state index in [0.29, 0.717) is 28.5 Å². The Labute approximate surface area is 180 Å². The number of amides is 3. The minimum atomic E-state index is -0.607. The number of fused-ring (bicyclic) bond motifs is 1. The summed E-state index contributed by atoms with van der Waals surface area (Å²) in [7, 11) is 3.09. The monoisotopic (exact) mass is 417 g/mol. The molecule has 158 valence electrons. The van der Waals surface area contributed by atoms with Gasteiger partial charge >= 0.3 is 6.03 Å². The van der Waals surface area contributed by atoms with Crippen molar-refractivity contribution in [2.75, 3.05) is 19.5 Å². The largest absolute Gasteiger partial charge is 0.497 e. The molecule has 1 aliphatic heterocycles. The molecule has 0 fully saturated rings. The molecular weight excluding hydrogens is 394 g/mol. The molecule has 0 radical (unpaired) electrons. The summed E-state index contributed by atoms with van der Waals surface area (Å²) in [4.78, 5) is 25.6. The van der Waals surface area contributed by atoms with E-state index in [2.05, 4.69) is 16.0 Å². The van der Waals surface area contributed by atoms with Gasteiger partial charge in [-0.15, -0.1) is 0 Å². The van der Waals surface area contributed by atoms with Crippen molar-refractivity contribution in [3.63, 3.8) is 0 Å². The predicted octanol–water partition coefficient (Wildman–Crippen LogP) is 4.12. The molecule has 4 rings (SSSR count). The van der Waals surface area contributed by atoms with Crippen LogP contribution in [0.2, 0.25) is 0 Å². The fraction of sp³-hybridized carbons (Fsp3) is 0.167. The Bertz CT molecular complexity index is 1200. The van der Waals surface area contributed by atoms with Crippen molar-refractivity contribution in [3.05, 3.63) is 77.5 Å². The van der Waals surface area contributed by atoms with Crippen LogP contribution < -0.4 is 25.4 Å². The lowest BCUT2D eigenvalue weighted by molar-refractivity contribution is -0.113. The normalized spacial score (nSPS) is 15.8. The second kappa shape index (κ2) is 8.39. The maximum atomic E-state index is 13.4. The van der Waals surface area contributed by atoms with Crippen molar-refractivity contribution in [1.29, 1.82) is 0 Å². The highest BCUT2D eigenvalue weighted by Gasteiger charge is 2.32. The molecule has 7 heteroatoms. The smallest absolute Gasteiger partial charge is 0.319 e. The molecule has 0 saturated heterocycles. The summed E-state index contributed by atoms with van der Waals surface area (Å²) in [6.07, 6.45) is 0. The number of allylic oxidation sites excluding steroid dienone is 1. The molecule has 1 heterocycles. The van der Waals surface area contributed by atoms with Gasteiger partial charge in [0.2, 0.25) is 0 Å². The van der Waals surface area contributed by atoms with Gasteiger partial charge in [0.1, 0.15) is 11.5 Å². The van der Waals surface area contributed by atoms with Gasteiger partial charge in [0.25, 0.3) is 5.91 Å². The molecule has 0 spiro atoms. The third kappa shape index (κ3) is 3.90. The zero-order chi connectivity index (χ0) is 22.0. The van der Waals surface area contributed by atoms with Crippen molar-refractivity contribution in [2.45, 2.75) is 13.0 Å². The summed E-state index contributed by atoms with van der Waals surface area (Å²) in [6.45, 7) is 1.72. The summed E-state index contributed by atoms with van der Waals surface area (Å²) in [5.41, 5.74) is 2.27. The van der Waals surface area contributed by atoms with Gasteiger partial charge in [-0.1, -0.05) is 42.5 Å². The molecule has 1 atom stereocenters. The van der Waals surface area contributed by atoms with E-state index >= 15 is 0 Å². The second-order valence-corrected chi connectivity index (χ2v) is 7.16. The highest BCUT2D eigenvalue weighted by molar-refractivity contribution is 6.08. The standard InChI is InChI=1S/C24H23N3O4/c1-14-21(23(28)26-19-12-11-16(30-2)13-20(19)31-3)22(27-24(29)25-14)18-10-6-8-15-7-4-5-9-17(15)18/h4-13,22H,1-3H3,(H,26,28)(H2,25,27,29). The SMILES string of the molecule is COc1ccc(NC(=O)C2=C(C)NC(=O)NC2c2cccc3ccccc23)c(OC)c1. The fourth-order valence-corrected chi connectivity index (χ4v) is 3.82. The van der Waals surface area contributed by atoms with E-state index in [-0.39, 0.29) is 11.9 Å². The Hall–Kier alpha value is -4.00. The van der Waals surface area contributed by atoms with Crippen molar-refractivity contribution < 1.29 is 19.1 Å². The first kappa shape index (κ1) is 20.3. The second-order valence-electron chi connectivity index (χ2n) is 7.16. The number of rotatable bonds is 5. The Morgan fingerprint density at radius 1 is 1.00 bits per heavy atom. The number of anilines is 1. The lowest BCUT2D eigenvalue weighted by atomic mass is 9.91. The Balaban J connectivity index is 1.75. The number of ether oxygens (including phenoxy) is 2. The van der Waals surface area contributed by atoms with Crippen LogP contribution in [0.3, 0.4) is 0 Å². The van der Waals surface area contributed by atoms with Crippen LogP contribution in [0.5, 0.6) is 11.5 Å². The Morgan fingerprint density at radius 2 is 1.77 bits per heavy atom. The molecule has 3 amide bonds. The molecule has 1 aliphatic rings. The molecule has 0 aliphatic carbocycles. The molecule has 3 N–H and O–H groups in total. The highest BCUT2D eigenvalue weighted by atomic mass is 16.5. The molecule has 1 unspecified atom stereocenters. The molecule has 3 aromatic carbocycles. The summed E-state index contributed by atoms with van der Waals surface area (Å²) < 4.78 is 10.6. The van der Waals surface area contributed by atoms with E-state index in [9.17, 15) is 9.59 Å². The Kier molecular flexibility index (Phi) is 5.49. The van der Waals surface area contributed by atoms with Crippen LogP contribution in [0.4, 0.5) is 10.5 Å². The minimum absolute atomic E-state index is 0.341. The molecule has 0 aromatic heterocycles. The van der Waals surface area contributed by atoms with Crippen LogP contribution in [0.15, 0.2) is 71.9 Å². The van der Waals surface area contributed by atoms with E-state index in [4.69, 9.17) is 9.47 Å². The maximum absolute atomic E-state index is 13.4. The predicted molar refractivity (Wildman–Crippen MR) is 119 cm³/mol. The topological polar surface area (TPSA) is 88.7 Å². The third-order valence-corrected chi connectivity index (χ3v) is 5.31. The lowest BCUT2D eigenvalue weighted by Gasteiger charge is -2.29. The third-order valence-electron chi connectivity index (χ3n) is 5.31. The number of hydrogen-bond donors (Lipinski definition) is 3. The van der Waals surface area contributed by atoms with Crippen LogP contribution in [-0.4, -0.2) is 26.2 Å². The first-order chi connectivity index (χ1) is 15.0. The molecule has 0 saturated carbocycles. The lowest BCUT2D eigenvalue weighted by Crippen LogP contribution is -2.46. The molecule has 0 bridgehead atoms. The van der Waals surface area contributed by atoms with Crippen LogP contribution in [-0.2, 0) is 4.79 Å². The number of methoxy groups -OCH3 is 2. The van der Waals surface area contributed by atoms with E-state index in [1.165, 1.54) is 7.11 Å². The van der Waals surface area contributed by atoms with E-state index < -0.39 is 6.04 Å². The zero-order valence-corrected chi connectivity index (χ0v) is 17.5. The molecule has 31 heavy (non-hydrogen) atoms. The van der Waals surface area contributed by atoms with Gasteiger partial charge in [0, 0.05) is 11.8 Å². The average Bonchev–Trinajstić information content (AvgIpc) is 2.78. The zero-order valence-electron chi connectivity index (χ0n) is 17.5. The van der Waals surface area contributed by atoms with Crippen LogP contribution in [0.25, 0.3) is 10.8 Å². The van der Waals surface area contributed by atoms with E-state index in [1.807, 2.05) is 42.5 Å². The number of carbonyl (C=O) groups excluding carboxylic acids is 2. The van der Waals surface area contributed by atoms with Gasteiger partial charge in [0.15, 0.2) is 0 Å². The van der Waals surface area contributed by atoms with Gasteiger partial charge < -0.3 is 25.4 Å². The molecule has 7 nitrogen and oxygen atoms in total. The summed E-state index contributed by atoms with van der Waals surface area (Å²) in [5.74, 6) is 0.748. The number of carbonyl (C=O) groups is 2. The summed E-state index contributed by atoms with van der Waals surface area (Å²) >= 11 is 0. The number of urea groups is 1. The van der Waals surface area contributed by atoms with Crippen molar-refractivity contribution >= 4 is 28.4 Å². The number of nitrogens with one attached hydrogen (secondary N) is 3. The summed E-state index contributed by atoms with van der Waals surface area (Å²) in [6, 6.07) is 17.9. The summed E-state index contributed by atoms with van der Waals surface area (Å²) in [5, 5.41) is 10.5. The van der Waals surface area contributed by atoms with Crippen LogP contribution in [0, 0.1) is 0 Å². The molecular formula is C24H23N3O4. The van der Waals surface area contributed by atoms with Crippen molar-refractivity contribution in [2.24, 2.45) is 0 Å². The van der Waals surface area contributed by atoms with Crippen molar-refractivity contribution in [3.8, 4) is 11.5 Å². The van der Waals surface area contributed by atoms with Gasteiger partial charge in [-0.2, -0.15) is 0 Å². The first-order valence-electron chi connectivity index (χ1n) is 9.81. The van der Waals surface area contributed by atoms with Crippen LogP contribution >= 0.6 is 0 Å². The van der Waals surface area contributed by atoms with Crippen LogP contribution in [0.1, 0.15) is 18.5 Å². The van der Waals surface area contributed by atoms with E-state index in [0.717, 1.165) is 16.3 Å². The number of hydrogen-bond acceptors (Lipinski definition) is 4. The fourth-order valence-electron chi connectivity index (χ4n) is 3.82. The van der Waals surface area contributed by atoms with Gasteiger partial charge in [-0.3, -0.25) is 4.79 Å². The Morgan fingerprint density at radius 3 is 2.55 bits per heavy atom. The maximum Gasteiger partial charge on any atom is 0.319 e. The molecule has 3 aromatic rings. The van der Waals surface area contributed by atoms with E-state index in [1.54, 1.807) is 32.2 Å². The quantitative estimate of drug-likeness (QED) is 0.583. The first-order valence-corrected chi connectivity index (χ1v) is 9.81.